The van der Waals surface area contributed by atoms with Gasteiger partial charge in [-0.3, -0.25) is 4.79 Å². The van der Waals surface area contributed by atoms with E-state index < -0.39 is 17.6 Å². The third kappa shape index (κ3) is 4.47. The smallest absolute Gasteiger partial charge is 0.346 e. The van der Waals surface area contributed by atoms with Crippen LogP contribution in [-0.2, 0) is 6.18 Å². The normalized spacial score (nSPS) is 15.9. The largest absolute Gasteiger partial charge is 0.418 e. The zero-order chi connectivity index (χ0) is 20.5. The van der Waals surface area contributed by atoms with Crippen LogP contribution in [0, 0.1) is 0 Å². The molecule has 1 aliphatic heterocycles. The lowest BCUT2D eigenvalue weighted by atomic mass is 10.1. The molecule has 2 heterocycles. The van der Waals surface area contributed by atoms with E-state index >= 15 is 0 Å². The van der Waals surface area contributed by atoms with E-state index in [1.165, 1.54) is 29.5 Å². The first-order valence-corrected chi connectivity index (χ1v) is 9.90. The highest BCUT2D eigenvalue weighted by Gasteiger charge is 2.34. The number of benzene rings is 1. The zero-order valence-corrected chi connectivity index (χ0v) is 16.8. The first-order chi connectivity index (χ1) is 13.2. The predicted octanol–water partition coefficient (Wildman–Crippen LogP) is 4.29. The average Bonchev–Trinajstić information content (AvgIpc) is 3.08. The molecule has 1 aliphatic rings. The van der Waals surface area contributed by atoms with Gasteiger partial charge in [-0.05, 0) is 25.1 Å². The molecule has 1 fully saturated rings. The van der Waals surface area contributed by atoms with Gasteiger partial charge in [-0.15, -0.1) is 11.3 Å². The summed E-state index contributed by atoms with van der Waals surface area (Å²) in [5.74, 6) is -0.575. The van der Waals surface area contributed by atoms with Gasteiger partial charge in [0.05, 0.1) is 11.3 Å². The molecule has 0 bridgehead atoms. The maximum absolute atomic E-state index is 13.2. The quantitative estimate of drug-likeness (QED) is 0.814. The molecule has 1 N–H and O–H groups in total. The third-order valence-electron chi connectivity index (χ3n) is 4.64. The molecule has 1 aromatic heterocycles. The van der Waals surface area contributed by atoms with Gasteiger partial charge in [-0.1, -0.05) is 26.0 Å². The Morgan fingerprint density at radius 2 is 1.82 bits per heavy atom. The van der Waals surface area contributed by atoms with Crippen molar-refractivity contribution in [3.63, 3.8) is 0 Å². The molecule has 3 rings (SSSR count). The topological polar surface area (TPSA) is 48.5 Å². The van der Waals surface area contributed by atoms with E-state index in [1.54, 1.807) is 0 Å². The molecular weight excluding hydrogens is 389 g/mol. The monoisotopic (exact) mass is 412 g/mol. The van der Waals surface area contributed by atoms with Crippen LogP contribution in [0.2, 0.25) is 0 Å². The average molecular weight is 412 g/mol. The molecule has 2 aromatic rings. The van der Waals surface area contributed by atoms with Gasteiger partial charge in [0, 0.05) is 31.1 Å². The highest BCUT2D eigenvalue weighted by molar-refractivity contribution is 7.16. The Hall–Kier alpha value is -2.13. The fourth-order valence-electron chi connectivity index (χ4n) is 3.03. The molecule has 0 unspecified atom stereocenters. The minimum absolute atomic E-state index is 0.0392. The Morgan fingerprint density at radius 3 is 2.43 bits per heavy atom. The van der Waals surface area contributed by atoms with E-state index in [2.05, 4.69) is 27.1 Å². The fourth-order valence-corrected chi connectivity index (χ4v) is 4.14. The molecule has 0 radical (unpaired) electrons. The lowest BCUT2D eigenvalue weighted by molar-refractivity contribution is -0.136. The molecule has 9 heteroatoms. The third-order valence-corrected chi connectivity index (χ3v) is 6.05. The summed E-state index contributed by atoms with van der Waals surface area (Å²) in [5, 5.41) is 3.15. The SMILES string of the molecule is CC(C)c1sc(N2CCN(C)CC2)nc1C(=O)Nc1ccccc1C(F)(F)F. The summed E-state index contributed by atoms with van der Waals surface area (Å²) in [7, 11) is 2.05. The van der Waals surface area contributed by atoms with Crippen molar-refractivity contribution in [3.8, 4) is 0 Å². The molecule has 1 amide bonds. The summed E-state index contributed by atoms with van der Waals surface area (Å²) in [6, 6.07) is 4.97. The highest BCUT2D eigenvalue weighted by Crippen LogP contribution is 2.36. The van der Waals surface area contributed by atoms with Crippen molar-refractivity contribution in [3.05, 3.63) is 40.4 Å². The number of aromatic nitrogens is 1. The Labute approximate surface area is 166 Å². The van der Waals surface area contributed by atoms with Crippen LogP contribution >= 0.6 is 11.3 Å². The summed E-state index contributed by atoms with van der Waals surface area (Å²) >= 11 is 1.44. The second-order valence-electron chi connectivity index (χ2n) is 7.15. The van der Waals surface area contributed by atoms with Crippen molar-refractivity contribution < 1.29 is 18.0 Å². The number of hydrogen-bond acceptors (Lipinski definition) is 5. The number of alkyl halides is 3. The van der Waals surface area contributed by atoms with Gasteiger partial charge in [0.15, 0.2) is 5.13 Å². The van der Waals surface area contributed by atoms with Crippen LogP contribution < -0.4 is 10.2 Å². The van der Waals surface area contributed by atoms with Crippen molar-refractivity contribution in [1.29, 1.82) is 0 Å². The highest BCUT2D eigenvalue weighted by atomic mass is 32.1. The van der Waals surface area contributed by atoms with Crippen LogP contribution in [0.5, 0.6) is 0 Å². The number of rotatable bonds is 4. The molecule has 28 heavy (non-hydrogen) atoms. The molecule has 0 saturated carbocycles. The number of nitrogens with one attached hydrogen (secondary N) is 1. The van der Waals surface area contributed by atoms with Crippen molar-refractivity contribution in [2.45, 2.75) is 25.9 Å². The number of nitrogens with zero attached hydrogens (tertiary/aromatic N) is 3. The van der Waals surface area contributed by atoms with E-state index in [1.807, 2.05) is 13.8 Å². The Bertz CT molecular complexity index is 842. The van der Waals surface area contributed by atoms with Crippen LogP contribution in [0.4, 0.5) is 24.0 Å². The van der Waals surface area contributed by atoms with Gasteiger partial charge in [-0.25, -0.2) is 4.98 Å². The molecule has 5 nitrogen and oxygen atoms in total. The van der Waals surface area contributed by atoms with Crippen LogP contribution in [0.15, 0.2) is 24.3 Å². The molecule has 1 saturated heterocycles. The first kappa shape index (κ1) is 20.6. The van der Waals surface area contributed by atoms with Gasteiger partial charge < -0.3 is 15.1 Å². The number of carbonyl (C=O) groups excluding carboxylic acids is 1. The molecule has 0 spiro atoms. The fraction of sp³-hybridized carbons (Fsp3) is 0.474. The number of anilines is 2. The number of likely N-dealkylation sites (N-methyl/N-ethyl adjacent to an activating group) is 1. The van der Waals surface area contributed by atoms with Gasteiger partial charge >= 0.3 is 6.18 Å². The number of halogens is 3. The number of piperazine rings is 1. The molecule has 1 aromatic carbocycles. The summed E-state index contributed by atoms with van der Waals surface area (Å²) in [5.41, 5.74) is -0.932. The number of hydrogen-bond donors (Lipinski definition) is 1. The summed E-state index contributed by atoms with van der Waals surface area (Å²) in [4.78, 5) is 22.4. The van der Waals surface area contributed by atoms with Gasteiger partial charge in [0.25, 0.3) is 5.91 Å². The molecule has 0 aliphatic carbocycles. The number of carbonyl (C=O) groups is 1. The number of amides is 1. The minimum atomic E-state index is -4.54. The lowest BCUT2D eigenvalue weighted by Crippen LogP contribution is -2.44. The van der Waals surface area contributed by atoms with E-state index in [4.69, 9.17) is 0 Å². The summed E-state index contributed by atoms with van der Waals surface area (Å²) in [6.45, 7) is 7.30. The van der Waals surface area contributed by atoms with E-state index in [0.717, 1.165) is 42.3 Å². The Kier molecular flexibility index (Phi) is 5.95. The molecule has 0 atom stereocenters. The van der Waals surface area contributed by atoms with Crippen LogP contribution in [0.25, 0.3) is 0 Å². The molecular formula is C19H23F3N4OS. The molecule has 152 valence electrons. The van der Waals surface area contributed by atoms with E-state index in [9.17, 15) is 18.0 Å². The lowest BCUT2D eigenvalue weighted by Gasteiger charge is -2.32. The van der Waals surface area contributed by atoms with Gasteiger partial charge in [0.1, 0.15) is 5.69 Å². The van der Waals surface area contributed by atoms with Gasteiger partial charge in [0.2, 0.25) is 0 Å². The second-order valence-corrected chi connectivity index (χ2v) is 8.16. The van der Waals surface area contributed by atoms with E-state index in [0.29, 0.717) is 0 Å². The maximum Gasteiger partial charge on any atom is 0.418 e. The van der Waals surface area contributed by atoms with Gasteiger partial charge in [-0.2, -0.15) is 13.2 Å². The number of thiazole rings is 1. The summed E-state index contributed by atoms with van der Waals surface area (Å²) in [6.07, 6.45) is -4.54. The number of para-hydroxylation sites is 1. The predicted molar refractivity (Wildman–Crippen MR) is 105 cm³/mol. The standard InChI is InChI=1S/C19H23F3N4OS/c1-12(2)16-15(24-18(28-16)26-10-8-25(3)9-11-26)17(27)23-14-7-5-4-6-13(14)19(20,21)22/h4-7,12H,8-11H2,1-3H3,(H,23,27). The van der Waals surface area contributed by atoms with Crippen LogP contribution in [0.1, 0.15) is 40.7 Å². The van der Waals surface area contributed by atoms with Crippen molar-refractivity contribution in [2.75, 3.05) is 43.4 Å². The van der Waals surface area contributed by atoms with Crippen molar-refractivity contribution in [2.24, 2.45) is 0 Å². The zero-order valence-electron chi connectivity index (χ0n) is 16.0. The maximum atomic E-state index is 13.2. The van der Waals surface area contributed by atoms with E-state index in [-0.39, 0.29) is 17.3 Å². The summed E-state index contributed by atoms with van der Waals surface area (Å²) < 4.78 is 39.6. The minimum Gasteiger partial charge on any atom is -0.346 e. The van der Waals surface area contributed by atoms with Crippen LogP contribution in [-0.4, -0.2) is 49.0 Å². The Morgan fingerprint density at radius 1 is 1.18 bits per heavy atom. The van der Waals surface area contributed by atoms with Crippen molar-refractivity contribution >= 4 is 28.1 Å². The first-order valence-electron chi connectivity index (χ1n) is 9.08. The Balaban J connectivity index is 1.88. The van der Waals surface area contributed by atoms with Crippen molar-refractivity contribution in [1.82, 2.24) is 9.88 Å². The second kappa shape index (κ2) is 8.08. The van der Waals surface area contributed by atoms with Crippen LogP contribution in [0.3, 0.4) is 0 Å².